The van der Waals surface area contributed by atoms with Crippen molar-refractivity contribution >= 4 is 33.7 Å². The topological polar surface area (TPSA) is 112 Å². The predicted molar refractivity (Wildman–Crippen MR) is 156 cm³/mol. The number of fused-ring (bicyclic) bond motifs is 2. The molecule has 7 aromatic rings. The van der Waals surface area contributed by atoms with Crippen molar-refractivity contribution < 1.29 is 13.6 Å². The second-order valence-electron chi connectivity index (χ2n) is 9.78. The Kier molecular flexibility index (Phi) is 6.20. The van der Waals surface area contributed by atoms with Gasteiger partial charge in [-0.25, -0.2) is 18.7 Å². The van der Waals surface area contributed by atoms with Gasteiger partial charge in [-0.05, 0) is 53.1 Å². The van der Waals surface area contributed by atoms with E-state index in [1.807, 2.05) is 30.3 Å². The molecule has 0 unspecified atom stereocenters. The van der Waals surface area contributed by atoms with Crippen molar-refractivity contribution in [1.82, 2.24) is 30.1 Å². The second kappa shape index (κ2) is 10.3. The van der Waals surface area contributed by atoms with Crippen molar-refractivity contribution in [3.8, 4) is 33.8 Å². The molecule has 3 N–H and O–H groups in total. The maximum absolute atomic E-state index is 15.3. The van der Waals surface area contributed by atoms with Gasteiger partial charge in [0.1, 0.15) is 17.0 Å². The number of carbonyl (C=O) groups excluding carboxylic acids is 1. The molecule has 10 heteroatoms. The summed E-state index contributed by atoms with van der Waals surface area (Å²) in [4.78, 5) is 29.1. The van der Waals surface area contributed by atoms with Gasteiger partial charge in [-0.1, -0.05) is 42.5 Å². The molecule has 8 nitrogen and oxygen atoms in total. The molecular weight excluding hydrogens is 536 g/mol. The molecule has 0 atom stereocenters. The standard InChI is InChI=1S/C32H21F2N7O/c33-22-8-4-7-19(12-22)24-9-10-36-31-29(24)38-32(39-31)30-25-14-20(15-26(34)28(25)40-41-30)21-13-23(17-35-16-21)37-27(42)11-18-5-2-1-3-6-18/h1-10,12-17H,11H2,(H,37,42)(H,40,41)(H,36,38,39). The van der Waals surface area contributed by atoms with Crippen molar-refractivity contribution in [2.45, 2.75) is 6.42 Å². The number of hydrogen-bond donors (Lipinski definition) is 3. The van der Waals surface area contributed by atoms with Gasteiger partial charge in [0.25, 0.3) is 0 Å². The molecule has 1 amide bonds. The number of benzene rings is 3. The fourth-order valence-electron chi connectivity index (χ4n) is 5.00. The predicted octanol–water partition coefficient (Wildman–Crippen LogP) is 6.69. The van der Waals surface area contributed by atoms with E-state index in [4.69, 9.17) is 0 Å². The summed E-state index contributed by atoms with van der Waals surface area (Å²) in [7, 11) is 0. The van der Waals surface area contributed by atoms with Crippen LogP contribution < -0.4 is 5.32 Å². The van der Waals surface area contributed by atoms with Gasteiger partial charge >= 0.3 is 0 Å². The third-order valence-corrected chi connectivity index (χ3v) is 6.94. The number of nitrogens with one attached hydrogen (secondary N) is 3. The molecule has 0 spiro atoms. The van der Waals surface area contributed by atoms with E-state index in [0.717, 1.165) is 11.1 Å². The number of halogens is 2. The number of aromatic nitrogens is 6. The van der Waals surface area contributed by atoms with Crippen LogP contribution in [0.3, 0.4) is 0 Å². The number of amides is 1. The molecule has 0 fully saturated rings. The van der Waals surface area contributed by atoms with Gasteiger partial charge in [0, 0.05) is 28.9 Å². The van der Waals surface area contributed by atoms with Crippen LogP contribution >= 0.6 is 0 Å². The van der Waals surface area contributed by atoms with Gasteiger partial charge in [0.2, 0.25) is 5.91 Å². The minimum absolute atomic E-state index is 0.146. The Labute approximate surface area is 237 Å². The molecule has 3 aromatic carbocycles. The van der Waals surface area contributed by atoms with Crippen LogP contribution in [0.2, 0.25) is 0 Å². The number of aromatic amines is 2. The second-order valence-corrected chi connectivity index (χ2v) is 9.78. The number of H-pyrrole nitrogens is 2. The molecule has 4 aromatic heterocycles. The third kappa shape index (κ3) is 4.75. The third-order valence-electron chi connectivity index (χ3n) is 6.94. The minimum Gasteiger partial charge on any atom is -0.335 e. The molecule has 42 heavy (non-hydrogen) atoms. The Morgan fingerprint density at radius 3 is 2.62 bits per heavy atom. The van der Waals surface area contributed by atoms with E-state index in [1.54, 1.807) is 48.9 Å². The number of pyridine rings is 2. The Bertz CT molecular complexity index is 2100. The quantitative estimate of drug-likeness (QED) is 0.211. The van der Waals surface area contributed by atoms with Gasteiger partial charge in [-0.2, -0.15) is 5.10 Å². The average molecular weight is 558 g/mol. The van der Waals surface area contributed by atoms with Crippen molar-refractivity contribution in [2.24, 2.45) is 0 Å². The molecule has 204 valence electrons. The molecule has 0 saturated heterocycles. The highest BCUT2D eigenvalue weighted by atomic mass is 19.1. The highest BCUT2D eigenvalue weighted by Gasteiger charge is 2.19. The summed E-state index contributed by atoms with van der Waals surface area (Å²) in [5.41, 5.74) is 5.59. The van der Waals surface area contributed by atoms with Crippen molar-refractivity contribution in [3.63, 3.8) is 0 Å². The number of rotatable bonds is 6. The maximum atomic E-state index is 15.3. The lowest BCUT2D eigenvalue weighted by Crippen LogP contribution is -2.14. The van der Waals surface area contributed by atoms with E-state index in [1.165, 1.54) is 18.2 Å². The summed E-state index contributed by atoms with van der Waals surface area (Å²) in [6, 6.07) is 22.4. The molecular formula is C32H21F2N7O. The first-order chi connectivity index (χ1) is 20.5. The molecule has 0 saturated carbocycles. The lowest BCUT2D eigenvalue weighted by Gasteiger charge is -2.08. The molecule has 7 rings (SSSR count). The number of imidazole rings is 1. The first kappa shape index (κ1) is 25.2. The lowest BCUT2D eigenvalue weighted by atomic mass is 10.0. The zero-order chi connectivity index (χ0) is 28.6. The highest BCUT2D eigenvalue weighted by molar-refractivity contribution is 5.98. The fourth-order valence-corrected chi connectivity index (χ4v) is 5.00. The smallest absolute Gasteiger partial charge is 0.228 e. The lowest BCUT2D eigenvalue weighted by molar-refractivity contribution is -0.115. The Morgan fingerprint density at radius 2 is 1.76 bits per heavy atom. The molecule has 0 radical (unpaired) electrons. The van der Waals surface area contributed by atoms with Crippen LogP contribution in [0.15, 0.2) is 97.5 Å². The molecule has 0 aliphatic rings. The zero-order valence-corrected chi connectivity index (χ0v) is 21.9. The van der Waals surface area contributed by atoms with Gasteiger partial charge in [0.05, 0.1) is 23.8 Å². The summed E-state index contributed by atoms with van der Waals surface area (Å²) in [6.07, 6.45) is 4.97. The summed E-state index contributed by atoms with van der Waals surface area (Å²) < 4.78 is 29.2. The maximum Gasteiger partial charge on any atom is 0.228 e. The normalized spacial score (nSPS) is 11.3. The van der Waals surface area contributed by atoms with Crippen LogP contribution in [0, 0.1) is 11.6 Å². The largest absolute Gasteiger partial charge is 0.335 e. The number of hydrogen-bond acceptors (Lipinski definition) is 5. The molecule has 0 aliphatic heterocycles. The van der Waals surface area contributed by atoms with E-state index in [2.05, 4.69) is 35.5 Å². The monoisotopic (exact) mass is 557 g/mol. The van der Waals surface area contributed by atoms with Crippen molar-refractivity contribution in [2.75, 3.05) is 5.32 Å². The van der Waals surface area contributed by atoms with E-state index >= 15 is 4.39 Å². The van der Waals surface area contributed by atoms with Crippen molar-refractivity contribution in [1.29, 1.82) is 0 Å². The first-order valence-corrected chi connectivity index (χ1v) is 13.1. The van der Waals surface area contributed by atoms with Crippen LogP contribution in [-0.2, 0) is 11.2 Å². The molecule has 0 aliphatic carbocycles. The van der Waals surface area contributed by atoms with E-state index in [9.17, 15) is 9.18 Å². The number of anilines is 1. The average Bonchev–Trinajstić information content (AvgIpc) is 3.62. The van der Waals surface area contributed by atoms with Gasteiger partial charge in [-0.3, -0.25) is 14.9 Å². The molecule has 0 bridgehead atoms. The minimum atomic E-state index is -0.529. The Hall–Kier alpha value is -5.77. The van der Waals surface area contributed by atoms with Crippen LogP contribution in [0.4, 0.5) is 14.5 Å². The summed E-state index contributed by atoms with van der Waals surface area (Å²) >= 11 is 0. The van der Waals surface area contributed by atoms with Crippen LogP contribution in [0.1, 0.15) is 5.56 Å². The summed E-state index contributed by atoms with van der Waals surface area (Å²) in [5.74, 6) is -0.664. The van der Waals surface area contributed by atoms with Gasteiger partial charge in [0.15, 0.2) is 17.3 Å². The van der Waals surface area contributed by atoms with Crippen LogP contribution in [0.25, 0.3) is 55.8 Å². The molecule has 4 heterocycles. The van der Waals surface area contributed by atoms with Crippen LogP contribution in [-0.4, -0.2) is 36.0 Å². The summed E-state index contributed by atoms with van der Waals surface area (Å²) in [5, 5.41) is 10.4. The van der Waals surface area contributed by atoms with E-state index in [0.29, 0.717) is 50.4 Å². The zero-order valence-electron chi connectivity index (χ0n) is 21.9. The summed E-state index contributed by atoms with van der Waals surface area (Å²) in [6.45, 7) is 0. The van der Waals surface area contributed by atoms with Gasteiger partial charge < -0.3 is 10.3 Å². The first-order valence-electron chi connectivity index (χ1n) is 13.1. The van der Waals surface area contributed by atoms with E-state index < -0.39 is 5.82 Å². The Morgan fingerprint density at radius 1 is 0.881 bits per heavy atom. The van der Waals surface area contributed by atoms with E-state index in [-0.39, 0.29) is 23.7 Å². The Balaban J connectivity index is 1.24. The van der Waals surface area contributed by atoms with Crippen molar-refractivity contribution in [3.05, 3.63) is 115 Å². The van der Waals surface area contributed by atoms with Gasteiger partial charge in [-0.15, -0.1) is 0 Å². The highest BCUT2D eigenvalue weighted by Crippen LogP contribution is 2.34. The fraction of sp³-hybridized carbons (Fsp3) is 0.0312. The number of carbonyl (C=O) groups is 1. The number of nitrogens with zero attached hydrogens (tertiary/aromatic N) is 4. The SMILES string of the molecule is O=C(Cc1ccccc1)Nc1cncc(-c2cc(F)c3n[nH]c(-c4nc5nccc(-c6cccc(F)c6)c5[nH]4)c3c2)c1. The van der Waals surface area contributed by atoms with Crippen LogP contribution in [0.5, 0.6) is 0 Å².